The van der Waals surface area contributed by atoms with Gasteiger partial charge in [-0.25, -0.2) is 0 Å². The normalized spacial score (nSPS) is 11.3. The zero-order valence-electron chi connectivity index (χ0n) is 11.0. The van der Waals surface area contributed by atoms with E-state index in [9.17, 15) is 23.3 Å². The molecule has 1 aromatic carbocycles. The molecule has 0 bridgehead atoms. The van der Waals surface area contributed by atoms with Crippen LogP contribution in [0.1, 0.15) is 5.56 Å². The van der Waals surface area contributed by atoms with Gasteiger partial charge >= 0.3 is 5.51 Å². The monoisotopic (exact) mass is 326 g/mol. The van der Waals surface area contributed by atoms with Gasteiger partial charge in [-0.3, -0.25) is 10.1 Å². The summed E-state index contributed by atoms with van der Waals surface area (Å²) in [6.45, 7) is -0.337. The van der Waals surface area contributed by atoms with Gasteiger partial charge in [0.2, 0.25) is 0 Å². The minimum absolute atomic E-state index is 0.00387. The first-order valence-electron chi connectivity index (χ1n) is 5.67. The Hall–Kier alpha value is -1.68. The number of nitrogens with two attached hydrogens (primary N) is 1. The summed E-state index contributed by atoms with van der Waals surface area (Å²) in [5, 5.41) is 10.9. The number of hydrogen-bond acceptors (Lipinski definition) is 6. The molecule has 0 aromatic heterocycles. The van der Waals surface area contributed by atoms with E-state index in [2.05, 4.69) is 0 Å². The lowest BCUT2D eigenvalue weighted by Gasteiger charge is -2.12. The maximum Gasteiger partial charge on any atom is 0.441 e. The highest BCUT2D eigenvalue weighted by molar-refractivity contribution is 8.00. The summed E-state index contributed by atoms with van der Waals surface area (Å²) in [5.41, 5.74) is 1.04. The van der Waals surface area contributed by atoms with Crippen LogP contribution in [0.4, 0.5) is 18.9 Å². The van der Waals surface area contributed by atoms with Gasteiger partial charge in [0.15, 0.2) is 11.5 Å². The van der Waals surface area contributed by atoms with Crippen molar-refractivity contribution in [3.63, 3.8) is 0 Å². The molecular formula is C11H13F3N2O4S. The summed E-state index contributed by atoms with van der Waals surface area (Å²) >= 11 is -0.235. The van der Waals surface area contributed by atoms with Crippen molar-refractivity contribution < 1.29 is 27.6 Å². The van der Waals surface area contributed by atoms with Crippen molar-refractivity contribution in [1.29, 1.82) is 0 Å². The number of hydrogen-bond donors (Lipinski definition) is 1. The highest BCUT2D eigenvalue weighted by Gasteiger charge is 2.27. The maximum atomic E-state index is 12.0. The van der Waals surface area contributed by atoms with E-state index in [0.717, 1.165) is 6.07 Å². The Morgan fingerprint density at radius 2 is 2.05 bits per heavy atom. The molecule has 0 amide bonds. The predicted octanol–water partition coefficient (Wildman–Crippen LogP) is 2.69. The Morgan fingerprint density at radius 1 is 1.38 bits per heavy atom. The second-order valence-corrected chi connectivity index (χ2v) is 4.90. The number of alkyl halides is 3. The Labute approximate surface area is 122 Å². The van der Waals surface area contributed by atoms with Crippen molar-refractivity contribution in [2.24, 2.45) is 5.73 Å². The minimum Gasteiger partial charge on any atom is -0.493 e. The van der Waals surface area contributed by atoms with Crippen molar-refractivity contribution in [2.45, 2.75) is 12.1 Å². The second-order valence-electron chi connectivity index (χ2n) is 3.74. The van der Waals surface area contributed by atoms with Crippen molar-refractivity contribution in [2.75, 3.05) is 19.5 Å². The van der Waals surface area contributed by atoms with E-state index in [-0.39, 0.29) is 53.4 Å². The molecule has 0 atom stereocenters. The zero-order chi connectivity index (χ0) is 16.0. The predicted molar refractivity (Wildman–Crippen MR) is 71.5 cm³/mol. The number of nitrogens with zero attached hydrogens (tertiary/aromatic N) is 1. The first-order chi connectivity index (χ1) is 9.78. The molecule has 0 saturated heterocycles. The number of ether oxygens (including phenoxy) is 2. The largest absolute Gasteiger partial charge is 0.493 e. The fourth-order valence-corrected chi connectivity index (χ4v) is 1.90. The number of benzene rings is 1. The van der Waals surface area contributed by atoms with Crippen LogP contribution in [0.2, 0.25) is 0 Å². The van der Waals surface area contributed by atoms with Gasteiger partial charge in [-0.05, 0) is 17.8 Å². The van der Waals surface area contributed by atoms with Gasteiger partial charge in [0.05, 0.1) is 24.7 Å². The molecule has 0 aliphatic rings. The Bertz CT molecular complexity index is 511. The third-order valence-electron chi connectivity index (χ3n) is 2.39. The highest BCUT2D eigenvalue weighted by Crippen LogP contribution is 2.35. The van der Waals surface area contributed by atoms with E-state index >= 15 is 0 Å². The van der Waals surface area contributed by atoms with Crippen LogP contribution in [0.3, 0.4) is 0 Å². The van der Waals surface area contributed by atoms with Crippen LogP contribution in [-0.4, -0.2) is 29.9 Å². The molecule has 0 radical (unpaired) electrons. The van der Waals surface area contributed by atoms with E-state index < -0.39 is 10.4 Å². The Morgan fingerprint density at radius 3 is 2.52 bits per heavy atom. The molecule has 0 aliphatic heterocycles. The summed E-state index contributed by atoms with van der Waals surface area (Å²) in [6, 6.07) is 2.43. The second kappa shape index (κ2) is 7.36. The summed E-state index contributed by atoms with van der Waals surface area (Å²) in [6.07, 6.45) is 0. The lowest BCUT2D eigenvalue weighted by Crippen LogP contribution is -2.09. The Balaban J connectivity index is 2.85. The smallest absolute Gasteiger partial charge is 0.441 e. The number of rotatable bonds is 7. The lowest BCUT2D eigenvalue weighted by molar-refractivity contribution is -0.385. The van der Waals surface area contributed by atoms with Crippen LogP contribution in [-0.2, 0) is 6.54 Å². The molecular weight excluding hydrogens is 313 g/mol. The first-order valence-corrected chi connectivity index (χ1v) is 6.66. The topological polar surface area (TPSA) is 87.6 Å². The van der Waals surface area contributed by atoms with Gasteiger partial charge in [-0.1, -0.05) is 0 Å². The van der Waals surface area contributed by atoms with Gasteiger partial charge in [-0.15, -0.1) is 0 Å². The molecule has 1 aromatic rings. The zero-order valence-corrected chi connectivity index (χ0v) is 11.8. The van der Waals surface area contributed by atoms with Crippen LogP contribution >= 0.6 is 11.8 Å². The molecule has 21 heavy (non-hydrogen) atoms. The molecule has 0 fully saturated rings. The fourth-order valence-electron chi connectivity index (χ4n) is 1.51. The number of methoxy groups -OCH3 is 1. The van der Waals surface area contributed by atoms with E-state index in [0.29, 0.717) is 0 Å². The molecule has 118 valence electrons. The van der Waals surface area contributed by atoms with Crippen LogP contribution in [0.5, 0.6) is 11.5 Å². The SMILES string of the molecule is COc1cc(CN)c([N+](=O)[O-])cc1OCCSC(F)(F)F. The van der Waals surface area contributed by atoms with Crippen molar-refractivity contribution >= 4 is 17.4 Å². The molecule has 0 aliphatic carbocycles. The molecule has 0 heterocycles. The highest BCUT2D eigenvalue weighted by atomic mass is 32.2. The number of nitro groups is 1. The summed E-state index contributed by atoms with van der Waals surface area (Å²) in [5.74, 6) is -0.152. The van der Waals surface area contributed by atoms with Gasteiger partial charge in [0, 0.05) is 17.9 Å². The number of halogens is 3. The Kier molecular flexibility index (Phi) is 6.09. The molecule has 10 heteroatoms. The van der Waals surface area contributed by atoms with Gasteiger partial charge in [-0.2, -0.15) is 13.2 Å². The van der Waals surface area contributed by atoms with Crippen LogP contribution < -0.4 is 15.2 Å². The quantitative estimate of drug-likeness (QED) is 0.471. The molecule has 6 nitrogen and oxygen atoms in total. The van der Waals surface area contributed by atoms with E-state index in [1.54, 1.807) is 0 Å². The fraction of sp³-hybridized carbons (Fsp3) is 0.455. The van der Waals surface area contributed by atoms with Crippen molar-refractivity contribution in [1.82, 2.24) is 0 Å². The lowest BCUT2D eigenvalue weighted by atomic mass is 10.1. The third-order valence-corrected chi connectivity index (χ3v) is 3.09. The minimum atomic E-state index is -4.34. The van der Waals surface area contributed by atoms with Gasteiger partial charge < -0.3 is 15.2 Å². The van der Waals surface area contributed by atoms with Crippen LogP contribution in [0, 0.1) is 10.1 Å². The summed E-state index contributed by atoms with van der Waals surface area (Å²) in [4.78, 5) is 10.3. The van der Waals surface area contributed by atoms with Crippen LogP contribution in [0.25, 0.3) is 0 Å². The summed E-state index contributed by atoms with van der Waals surface area (Å²) < 4.78 is 46.0. The third kappa shape index (κ3) is 5.31. The van der Waals surface area contributed by atoms with Gasteiger partial charge in [0.25, 0.3) is 5.69 Å². The number of thioether (sulfide) groups is 1. The standard InChI is InChI=1S/C11H13F3N2O4S/c1-19-9-4-7(6-15)8(16(17)18)5-10(9)20-2-3-21-11(12,13)14/h4-5H,2-3,6,15H2,1H3. The van der Waals surface area contributed by atoms with E-state index in [1.807, 2.05) is 0 Å². The molecule has 0 unspecified atom stereocenters. The van der Waals surface area contributed by atoms with Crippen molar-refractivity contribution in [3.05, 3.63) is 27.8 Å². The van der Waals surface area contributed by atoms with E-state index in [1.165, 1.54) is 13.2 Å². The van der Waals surface area contributed by atoms with Crippen molar-refractivity contribution in [3.8, 4) is 11.5 Å². The molecule has 2 N–H and O–H groups in total. The van der Waals surface area contributed by atoms with Crippen LogP contribution in [0.15, 0.2) is 12.1 Å². The average molecular weight is 326 g/mol. The summed E-state index contributed by atoms with van der Waals surface area (Å²) in [7, 11) is 1.32. The molecule has 0 spiro atoms. The van der Waals surface area contributed by atoms with Gasteiger partial charge in [0.1, 0.15) is 0 Å². The first kappa shape index (κ1) is 17.4. The number of nitro benzene ring substituents is 1. The average Bonchev–Trinajstić information content (AvgIpc) is 2.41. The molecule has 0 saturated carbocycles. The maximum absolute atomic E-state index is 12.0. The van der Waals surface area contributed by atoms with E-state index in [4.69, 9.17) is 15.2 Å². The molecule has 1 rings (SSSR count).